The average molecular weight is 227 g/mol. The van der Waals surface area contributed by atoms with E-state index < -0.39 is 12.1 Å². The zero-order valence-electron chi connectivity index (χ0n) is 7.75. The van der Waals surface area contributed by atoms with Gasteiger partial charge >= 0.3 is 6.36 Å². The van der Waals surface area contributed by atoms with Gasteiger partial charge < -0.3 is 4.74 Å². The molecule has 0 bridgehead atoms. The lowest BCUT2D eigenvalue weighted by Crippen LogP contribution is -2.18. The van der Waals surface area contributed by atoms with Crippen LogP contribution in [0.15, 0.2) is 12.3 Å². The second-order valence-corrected chi connectivity index (χ2v) is 2.67. The van der Waals surface area contributed by atoms with Gasteiger partial charge in [-0.1, -0.05) is 0 Å². The molecule has 0 saturated carbocycles. The van der Waals surface area contributed by atoms with Crippen LogP contribution in [0.4, 0.5) is 13.2 Å². The van der Waals surface area contributed by atoms with E-state index in [1.807, 2.05) is 0 Å². The number of halogens is 3. The Kier molecular flexibility index (Phi) is 3.31. The van der Waals surface area contributed by atoms with Crippen LogP contribution in [-0.2, 0) is 6.42 Å². The molecule has 0 spiro atoms. The molecule has 0 aromatic carbocycles. The molecule has 4 nitrogen and oxygen atoms in total. The van der Waals surface area contributed by atoms with Crippen LogP contribution in [0.3, 0.4) is 0 Å². The topological polar surface area (TPSA) is 69.7 Å². The number of hydrogen-bond donors (Lipinski definition) is 0. The van der Waals surface area contributed by atoms with Crippen molar-refractivity contribution in [2.45, 2.75) is 12.8 Å². The Labute approximate surface area is 88.5 Å². The molecule has 16 heavy (non-hydrogen) atoms. The van der Waals surface area contributed by atoms with Crippen molar-refractivity contribution in [3.05, 3.63) is 23.5 Å². The number of alkyl halides is 3. The van der Waals surface area contributed by atoms with Gasteiger partial charge in [0.1, 0.15) is 6.07 Å². The van der Waals surface area contributed by atoms with Crippen LogP contribution in [-0.4, -0.2) is 11.3 Å². The van der Waals surface area contributed by atoms with E-state index in [0.29, 0.717) is 0 Å². The summed E-state index contributed by atoms with van der Waals surface area (Å²) >= 11 is 0. The number of pyridine rings is 1. The lowest BCUT2D eigenvalue weighted by atomic mass is 10.2. The summed E-state index contributed by atoms with van der Waals surface area (Å²) in [5, 5.41) is 17.0. The highest BCUT2D eigenvalue weighted by Crippen LogP contribution is 2.25. The van der Waals surface area contributed by atoms with Gasteiger partial charge in [0, 0.05) is 0 Å². The van der Waals surface area contributed by atoms with Crippen molar-refractivity contribution in [2.75, 3.05) is 0 Å². The first-order valence-corrected chi connectivity index (χ1v) is 3.98. The highest BCUT2D eigenvalue weighted by Gasteiger charge is 2.32. The highest BCUT2D eigenvalue weighted by molar-refractivity contribution is 5.42. The molecular formula is C9H4F3N3O. The lowest BCUT2D eigenvalue weighted by Gasteiger charge is -2.09. The first-order valence-electron chi connectivity index (χ1n) is 3.98. The van der Waals surface area contributed by atoms with E-state index in [1.165, 1.54) is 0 Å². The van der Waals surface area contributed by atoms with E-state index in [2.05, 4.69) is 9.72 Å². The average Bonchev–Trinajstić information content (AvgIpc) is 2.18. The van der Waals surface area contributed by atoms with Gasteiger partial charge in [0.2, 0.25) is 0 Å². The molecule has 0 fully saturated rings. The van der Waals surface area contributed by atoms with Crippen LogP contribution in [0.5, 0.6) is 5.75 Å². The molecule has 0 amide bonds. The predicted octanol–water partition coefficient (Wildman–Crippen LogP) is 1.92. The predicted molar refractivity (Wildman–Crippen MR) is 45.0 cm³/mol. The van der Waals surface area contributed by atoms with Crippen molar-refractivity contribution >= 4 is 0 Å². The van der Waals surface area contributed by atoms with Crippen LogP contribution in [0.25, 0.3) is 0 Å². The summed E-state index contributed by atoms with van der Waals surface area (Å²) in [6.45, 7) is 0. The van der Waals surface area contributed by atoms with Crippen LogP contribution in [0, 0.1) is 22.7 Å². The zero-order valence-corrected chi connectivity index (χ0v) is 7.75. The molecule has 1 rings (SSSR count). The fraction of sp³-hybridized carbons (Fsp3) is 0.222. The van der Waals surface area contributed by atoms with Gasteiger partial charge in [-0.25, -0.2) is 0 Å². The van der Waals surface area contributed by atoms with Crippen LogP contribution >= 0.6 is 0 Å². The Bertz CT molecular complexity index is 470. The Hall–Kier alpha value is -2.28. The first-order chi connectivity index (χ1) is 7.46. The summed E-state index contributed by atoms with van der Waals surface area (Å²) in [5.74, 6) is -0.670. The maximum atomic E-state index is 11.9. The molecule has 1 aromatic rings. The molecule has 1 aromatic heterocycles. The molecule has 1 heterocycles. The summed E-state index contributed by atoms with van der Waals surface area (Å²) in [4.78, 5) is 3.56. The molecule has 7 heteroatoms. The molecule has 82 valence electrons. The molecule has 0 unspecified atom stereocenters. The van der Waals surface area contributed by atoms with Gasteiger partial charge in [-0.15, -0.1) is 13.2 Å². The second kappa shape index (κ2) is 4.49. The van der Waals surface area contributed by atoms with Gasteiger partial charge in [-0.05, 0) is 6.07 Å². The molecule has 0 atom stereocenters. The van der Waals surface area contributed by atoms with E-state index in [-0.39, 0.29) is 17.7 Å². The minimum atomic E-state index is -4.87. The highest BCUT2D eigenvalue weighted by atomic mass is 19.4. The van der Waals surface area contributed by atoms with Crippen molar-refractivity contribution in [1.82, 2.24) is 4.98 Å². The number of rotatable bonds is 2. The van der Waals surface area contributed by atoms with Gasteiger partial charge in [0.05, 0.1) is 29.9 Å². The lowest BCUT2D eigenvalue weighted by molar-refractivity contribution is -0.274. The van der Waals surface area contributed by atoms with E-state index in [9.17, 15) is 13.2 Å². The molecule has 0 N–H and O–H groups in total. The van der Waals surface area contributed by atoms with Gasteiger partial charge in [-0.2, -0.15) is 10.5 Å². The molecule has 0 aliphatic carbocycles. The third-order valence-corrected chi connectivity index (χ3v) is 1.53. The Balaban J connectivity index is 3.05. The maximum Gasteiger partial charge on any atom is 0.573 e. The molecule has 0 saturated heterocycles. The van der Waals surface area contributed by atoms with Crippen LogP contribution < -0.4 is 4.74 Å². The largest absolute Gasteiger partial charge is 0.573 e. The number of hydrogen-bond acceptors (Lipinski definition) is 4. The van der Waals surface area contributed by atoms with Gasteiger partial charge in [0.25, 0.3) is 0 Å². The van der Waals surface area contributed by atoms with E-state index in [4.69, 9.17) is 10.5 Å². The SMILES string of the molecule is N#CCc1cc(C#N)c(OC(F)(F)F)cn1. The summed E-state index contributed by atoms with van der Waals surface area (Å²) in [6.07, 6.45) is -4.18. The first kappa shape index (κ1) is 11.8. The quantitative estimate of drug-likeness (QED) is 0.773. The molecule has 0 aliphatic rings. The normalized spacial score (nSPS) is 10.3. The molecule has 0 radical (unpaired) electrons. The monoisotopic (exact) mass is 227 g/mol. The fourth-order valence-electron chi connectivity index (χ4n) is 0.957. The molecule has 0 aliphatic heterocycles. The van der Waals surface area contributed by atoms with Crippen molar-refractivity contribution in [3.8, 4) is 17.9 Å². The van der Waals surface area contributed by atoms with Crippen molar-refractivity contribution in [3.63, 3.8) is 0 Å². The minimum absolute atomic E-state index is 0.0824. The third kappa shape index (κ3) is 3.14. The minimum Gasteiger partial charge on any atom is -0.403 e. The number of aromatic nitrogens is 1. The number of nitriles is 2. The van der Waals surface area contributed by atoms with Crippen molar-refractivity contribution < 1.29 is 17.9 Å². The Morgan fingerprint density at radius 1 is 1.38 bits per heavy atom. The van der Waals surface area contributed by atoms with Crippen molar-refractivity contribution in [1.29, 1.82) is 10.5 Å². The van der Waals surface area contributed by atoms with Gasteiger partial charge in [0.15, 0.2) is 5.75 Å². The van der Waals surface area contributed by atoms with Crippen molar-refractivity contribution in [2.24, 2.45) is 0 Å². The van der Waals surface area contributed by atoms with Crippen LogP contribution in [0.1, 0.15) is 11.3 Å². The molecular weight excluding hydrogens is 223 g/mol. The number of ether oxygens (including phenoxy) is 1. The van der Waals surface area contributed by atoms with E-state index >= 15 is 0 Å². The summed E-state index contributed by atoms with van der Waals surface area (Å²) in [7, 11) is 0. The standard InChI is InChI=1S/C9H4F3N3O/c10-9(11,12)16-8-5-15-7(1-2-13)3-6(8)4-14/h3,5H,1H2. The fourth-order valence-corrected chi connectivity index (χ4v) is 0.957. The van der Waals surface area contributed by atoms with Crippen LogP contribution in [0.2, 0.25) is 0 Å². The van der Waals surface area contributed by atoms with Gasteiger partial charge in [-0.3, -0.25) is 4.98 Å². The Morgan fingerprint density at radius 3 is 2.56 bits per heavy atom. The smallest absolute Gasteiger partial charge is 0.403 e. The maximum absolute atomic E-state index is 11.9. The second-order valence-electron chi connectivity index (χ2n) is 2.67. The summed E-state index contributed by atoms with van der Waals surface area (Å²) in [6, 6.07) is 4.40. The zero-order chi connectivity index (χ0) is 12.2. The summed E-state index contributed by atoms with van der Waals surface area (Å²) in [5.41, 5.74) is -0.0915. The number of nitrogens with zero attached hydrogens (tertiary/aromatic N) is 3. The Morgan fingerprint density at radius 2 is 2.06 bits per heavy atom. The van der Waals surface area contributed by atoms with E-state index in [0.717, 1.165) is 12.3 Å². The third-order valence-electron chi connectivity index (χ3n) is 1.53. The summed E-state index contributed by atoms with van der Waals surface area (Å²) < 4.78 is 39.3. The van der Waals surface area contributed by atoms with E-state index in [1.54, 1.807) is 12.1 Å².